The Bertz CT molecular complexity index is 333. The summed E-state index contributed by atoms with van der Waals surface area (Å²) in [5.74, 6) is 1.86. The highest BCUT2D eigenvalue weighted by Gasteiger charge is 1.99. The van der Waals surface area contributed by atoms with Crippen LogP contribution in [0.2, 0.25) is 0 Å². The smallest absolute Gasteiger partial charge is 0.120 e. The minimum absolute atomic E-state index is 0.461. The average molecular weight is 292 g/mol. The predicted molar refractivity (Wildman–Crippen MR) is 66.6 cm³/mol. The van der Waals surface area contributed by atoms with Crippen molar-refractivity contribution in [1.29, 1.82) is 0 Å². The number of rotatable bonds is 6. The molecule has 0 aliphatic carbocycles. The summed E-state index contributed by atoms with van der Waals surface area (Å²) in [6, 6.07) is 7.58. The maximum absolute atomic E-state index is 11.2. The van der Waals surface area contributed by atoms with Crippen LogP contribution >= 0.6 is 15.9 Å². The molecule has 0 saturated carbocycles. The standard InChI is InChI=1S/C10H14BrNO2S/c11-9-2-1-3-10(8-9)14-5-7-15(13)6-4-12/h1-3,8H,4-7,12H2. The van der Waals surface area contributed by atoms with Gasteiger partial charge in [0.1, 0.15) is 5.75 Å². The molecule has 0 aromatic heterocycles. The van der Waals surface area contributed by atoms with E-state index in [1.807, 2.05) is 24.3 Å². The van der Waals surface area contributed by atoms with Crippen molar-refractivity contribution in [3.63, 3.8) is 0 Å². The molecule has 0 radical (unpaired) electrons. The lowest BCUT2D eigenvalue weighted by Crippen LogP contribution is -2.16. The van der Waals surface area contributed by atoms with Crippen molar-refractivity contribution in [2.75, 3.05) is 24.7 Å². The summed E-state index contributed by atoms with van der Waals surface area (Å²) in [7, 11) is -0.861. The van der Waals surface area contributed by atoms with Gasteiger partial charge in [0.25, 0.3) is 0 Å². The molecule has 0 fully saturated rings. The zero-order chi connectivity index (χ0) is 11.1. The molecular formula is C10H14BrNO2S. The van der Waals surface area contributed by atoms with Crippen LogP contribution < -0.4 is 10.5 Å². The first-order valence-electron chi connectivity index (χ1n) is 4.66. The molecule has 0 saturated heterocycles. The van der Waals surface area contributed by atoms with E-state index in [2.05, 4.69) is 15.9 Å². The van der Waals surface area contributed by atoms with E-state index in [1.54, 1.807) is 0 Å². The Labute approximate surface area is 101 Å². The van der Waals surface area contributed by atoms with Gasteiger partial charge in [-0.15, -0.1) is 0 Å². The van der Waals surface area contributed by atoms with E-state index in [9.17, 15) is 4.21 Å². The molecule has 0 aliphatic heterocycles. The van der Waals surface area contributed by atoms with Crippen LogP contribution in [0.5, 0.6) is 5.75 Å². The van der Waals surface area contributed by atoms with Crippen molar-refractivity contribution >= 4 is 26.7 Å². The van der Waals surface area contributed by atoms with Crippen LogP contribution in [0.4, 0.5) is 0 Å². The zero-order valence-electron chi connectivity index (χ0n) is 8.32. The van der Waals surface area contributed by atoms with Gasteiger partial charge in [-0.2, -0.15) is 0 Å². The molecule has 1 rings (SSSR count). The summed E-state index contributed by atoms with van der Waals surface area (Å²) in [4.78, 5) is 0. The lowest BCUT2D eigenvalue weighted by Gasteiger charge is -2.05. The second kappa shape index (κ2) is 6.98. The van der Waals surface area contributed by atoms with E-state index < -0.39 is 10.8 Å². The summed E-state index contributed by atoms with van der Waals surface area (Å²) in [5, 5.41) is 0. The third kappa shape index (κ3) is 5.30. The Kier molecular flexibility index (Phi) is 5.90. The molecule has 0 aliphatic rings. The van der Waals surface area contributed by atoms with Gasteiger partial charge in [0.15, 0.2) is 0 Å². The monoisotopic (exact) mass is 291 g/mol. The fourth-order valence-corrected chi connectivity index (χ4v) is 2.16. The minimum atomic E-state index is -0.861. The van der Waals surface area contributed by atoms with Crippen LogP contribution in [0, 0.1) is 0 Å². The van der Waals surface area contributed by atoms with E-state index in [0.717, 1.165) is 10.2 Å². The highest BCUT2D eigenvalue weighted by atomic mass is 79.9. The molecule has 1 unspecified atom stereocenters. The average Bonchev–Trinajstić information content (AvgIpc) is 2.18. The van der Waals surface area contributed by atoms with Crippen LogP contribution in [0.3, 0.4) is 0 Å². The largest absolute Gasteiger partial charge is 0.493 e. The van der Waals surface area contributed by atoms with Crippen molar-refractivity contribution in [3.8, 4) is 5.75 Å². The molecule has 0 heterocycles. The Balaban J connectivity index is 2.28. The van der Waals surface area contributed by atoms with E-state index >= 15 is 0 Å². The molecule has 1 aromatic carbocycles. The molecule has 3 nitrogen and oxygen atoms in total. The van der Waals surface area contributed by atoms with Crippen molar-refractivity contribution in [2.45, 2.75) is 0 Å². The second-order valence-electron chi connectivity index (χ2n) is 2.94. The SMILES string of the molecule is NCCS(=O)CCOc1cccc(Br)c1. The quantitative estimate of drug-likeness (QED) is 0.865. The van der Waals surface area contributed by atoms with Gasteiger partial charge >= 0.3 is 0 Å². The van der Waals surface area contributed by atoms with Gasteiger partial charge in [0.05, 0.1) is 12.4 Å². The number of hydrogen-bond donors (Lipinski definition) is 1. The molecule has 0 amide bonds. The Morgan fingerprint density at radius 3 is 2.87 bits per heavy atom. The van der Waals surface area contributed by atoms with Gasteiger partial charge in [-0.1, -0.05) is 22.0 Å². The van der Waals surface area contributed by atoms with Gasteiger partial charge < -0.3 is 10.5 Å². The van der Waals surface area contributed by atoms with E-state index in [0.29, 0.717) is 24.7 Å². The number of nitrogens with two attached hydrogens (primary N) is 1. The minimum Gasteiger partial charge on any atom is -0.493 e. The van der Waals surface area contributed by atoms with Gasteiger partial charge in [-0.05, 0) is 18.2 Å². The molecule has 0 spiro atoms. The third-order valence-electron chi connectivity index (χ3n) is 1.72. The number of hydrogen-bond acceptors (Lipinski definition) is 3. The lowest BCUT2D eigenvalue weighted by molar-refractivity contribution is 0.342. The molecule has 1 atom stereocenters. The maximum atomic E-state index is 11.2. The summed E-state index contributed by atoms with van der Waals surface area (Å²) < 4.78 is 17.7. The first kappa shape index (κ1) is 12.7. The molecule has 84 valence electrons. The Hall–Kier alpha value is -0.390. The van der Waals surface area contributed by atoms with E-state index in [4.69, 9.17) is 10.5 Å². The normalized spacial score (nSPS) is 12.4. The maximum Gasteiger partial charge on any atom is 0.120 e. The number of halogens is 1. The van der Waals surface area contributed by atoms with Crippen LogP contribution in [0.15, 0.2) is 28.7 Å². The zero-order valence-corrected chi connectivity index (χ0v) is 10.7. The van der Waals surface area contributed by atoms with Crippen LogP contribution in [0.25, 0.3) is 0 Å². The number of ether oxygens (including phenoxy) is 1. The van der Waals surface area contributed by atoms with E-state index in [-0.39, 0.29) is 0 Å². The summed E-state index contributed by atoms with van der Waals surface area (Å²) in [6.45, 7) is 0.923. The third-order valence-corrected chi connectivity index (χ3v) is 3.53. The van der Waals surface area contributed by atoms with Crippen molar-refractivity contribution < 1.29 is 8.95 Å². The highest BCUT2D eigenvalue weighted by Crippen LogP contribution is 2.17. The highest BCUT2D eigenvalue weighted by molar-refractivity contribution is 9.10. The summed E-state index contributed by atoms with van der Waals surface area (Å²) in [5.41, 5.74) is 5.29. The second-order valence-corrected chi connectivity index (χ2v) is 5.55. The molecule has 1 aromatic rings. The van der Waals surface area contributed by atoms with Crippen molar-refractivity contribution in [1.82, 2.24) is 0 Å². The first-order valence-corrected chi connectivity index (χ1v) is 6.94. The van der Waals surface area contributed by atoms with Gasteiger partial charge in [-0.25, -0.2) is 0 Å². The first-order chi connectivity index (χ1) is 7.22. The molecule has 2 N–H and O–H groups in total. The van der Waals surface area contributed by atoms with Gasteiger partial charge in [0.2, 0.25) is 0 Å². The fourth-order valence-electron chi connectivity index (χ4n) is 1.04. The molecule has 5 heteroatoms. The number of benzene rings is 1. The molecule has 15 heavy (non-hydrogen) atoms. The topological polar surface area (TPSA) is 52.3 Å². The summed E-state index contributed by atoms with van der Waals surface area (Å²) >= 11 is 3.35. The van der Waals surface area contributed by atoms with Crippen LogP contribution in [-0.2, 0) is 10.8 Å². The van der Waals surface area contributed by atoms with Gasteiger partial charge in [0, 0.05) is 27.6 Å². The van der Waals surface area contributed by atoms with Crippen molar-refractivity contribution in [2.24, 2.45) is 5.73 Å². The predicted octanol–water partition coefficient (Wildman–Crippen LogP) is 1.54. The van der Waals surface area contributed by atoms with Crippen molar-refractivity contribution in [3.05, 3.63) is 28.7 Å². The molecule has 0 bridgehead atoms. The van der Waals surface area contributed by atoms with E-state index in [1.165, 1.54) is 0 Å². The summed E-state index contributed by atoms with van der Waals surface area (Å²) in [6.07, 6.45) is 0. The Morgan fingerprint density at radius 1 is 1.40 bits per heavy atom. The fraction of sp³-hybridized carbons (Fsp3) is 0.400. The van der Waals surface area contributed by atoms with Gasteiger partial charge in [-0.3, -0.25) is 4.21 Å². The molecular weight excluding hydrogens is 278 g/mol. The van der Waals surface area contributed by atoms with Crippen LogP contribution in [-0.4, -0.2) is 28.9 Å². The lowest BCUT2D eigenvalue weighted by atomic mass is 10.3. The Morgan fingerprint density at radius 2 is 2.20 bits per heavy atom. The van der Waals surface area contributed by atoms with Crippen LogP contribution in [0.1, 0.15) is 0 Å².